The molecule has 0 aliphatic rings. The molecule has 0 saturated carbocycles. The van der Waals surface area contributed by atoms with Crippen molar-refractivity contribution in [2.45, 2.75) is 12.3 Å². The van der Waals surface area contributed by atoms with Crippen LogP contribution in [0.3, 0.4) is 0 Å². The van der Waals surface area contributed by atoms with Crippen LogP contribution in [0.1, 0.15) is 27.7 Å². The first-order chi connectivity index (χ1) is 14.5. The van der Waals surface area contributed by atoms with E-state index in [-0.39, 0.29) is 5.69 Å². The van der Waals surface area contributed by atoms with Gasteiger partial charge in [-0.1, -0.05) is 12.1 Å². The highest BCUT2D eigenvalue weighted by Crippen LogP contribution is 2.38. The van der Waals surface area contributed by atoms with Crippen molar-refractivity contribution in [1.29, 1.82) is 0 Å². The Balaban J connectivity index is 1.91. The quantitative estimate of drug-likeness (QED) is 0.442. The number of aliphatic hydroxyl groups is 1. The molecule has 0 bridgehead atoms. The van der Waals surface area contributed by atoms with Crippen LogP contribution >= 0.6 is 27.3 Å². The summed E-state index contributed by atoms with van der Waals surface area (Å²) in [5.74, 6) is -4.37. The van der Waals surface area contributed by atoms with Gasteiger partial charge < -0.3 is 15.6 Å². The molecule has 1 atom stereocenters. The van der Waals surface area contributed by atoms with E-state index >= 15 is 0 Å². The molecule has 1 amide bonds. The summed E-state index contributed by atoms with van der Waals surface area (Å²) in [7, 11) is 0. The second-order valence-electron chi connectivity index (χ2n) is 6.14. The molecule has 31 heavy (non-hydrogen) atoms. The fourth-order valence-corrected chi connectivity index (χ4v) is 4.27. The molecule has 0 radical (unpaired) electrons. The van der Waals surface area contributed by atoms with E-state index < -0.39 is 53.3 Å². The fourth-order valence-electron chi connectivity index (χ4n) is 2.62. The lowest BCUT2D eigenvalue weighted by Crippen LogP contribution is -2.18. The van der Waals surface area contributed by atoms with Gasteiger partial charge in [-0.15, -0.1) is 11.3 Å². The molecule has 1 heterocycles. The second-order valence-corrected chi connectivity index (χ2v) is 8.46. The van der Waals surface area contributed by atoms with Crippen molar-refractivity contribution in [3.8, 4) is 16.3 Å². The van der Waals surface area contributed by atoms with E-state index in [1.165, 1.54) is 12.1 Å². The number of benzene rings is 2. The zero-order valence-corrected chi connectivity index (χ0v) is 17.6. The zero-order valence-electron chi connectivity index (χ0n) is 15.2. The maximum atomic E-state index is 14.4. The molecular formula is C19H12BrF5N2O3S. The minimum absolute atomic E-state index is 0.131. The topological polar surface area (TPSA) is 85.4 Å². The number of ether oxygens (including phenoxy) is 1. The van der Waals surface area contributed by atoms with Crippen molar-refractivity contribution < 1.29 is 36.6 Å². The SMILES string of the molecule is NC(=O)c1c(F)ccc(OC(CO)c2nc(-c3ccc(C(F)(F)F)cc3)sc2Br)c1F. The maximum absolute atomic E-state index is 14.4. The Labute approximate surface area is 184 Å². The number of primary amides is 1. The van der Waals surface area contributed by atoms with Crippen LogP contribution in [0, 0.1) is 11.6 Å². The monoisotopic (exact) mass is 522 g/mol. The smallest absolute Gasteiger partial charge is 0.416 e. The molecule has 164 valence electrons. The van der Waals surface area contributed by atoms with E-state index in [4.69, 9.17) is 10.5 Å². The van der Waals surface area contributed by atoms with Gasteiger partial charge in [0.15, 0.2) is 17.7 Å². The molecule has 3 aromatic rings. The summed E-state index contributed by atoms with van der Waals surface area (Å²) in [6.45, 7) is -0.669. The summed E-state index contributed by atoms with van der Waals surface area (Å²) in [5.41, 5.74) is 3.68. The number of aromatic nitrogens is 1. The Morgan fingerprint density at radius 1 is 1.19 bits per heavy atom. The van der Waals surface area contributed by atoms with Crippen LogP contribution in [0.5, 0.6) is 5.75 Å². The minimum atomic E-state index is -4.48. The summed E-state index contributed by atoms with van der Waals surface area (Å²) in [6, 6.07) is 6.01. The van der Waals surface area contributed by atoms with Crippen molar-refractivity contribution in [1.82, 2.24) is 4.98 Å². The van der Waals surface area contributed by atoms with Gasteiger partial charge in [-0.2, -0.15) is 13.2 Å². The predicted octanol–water partition coefficient (Wildman–Crippen LogP) is 5.08. The van der Waals surface area contributed by atoms with E-state index in [0.717, 1.165) is 35.6 Å². The van der Waals surface area contributed by atoms with Crippen molar-refractivity contribution >= 4 is 33.2 Å². The zero-order chi connectivity index (χ0) is 22.9. The highest BCUT2D eigenvalue weighted by molar-refractivity contribution is 9.11. The van der Waals surface area contributed by atoms with Crippen molar-refractivity contribution in [3.63, 3.8) is 0 Å². The fraction of sp³-hybridized carbons (Fsp3) is 0.158. The number of amides is 1. The van der Waals surface area contributed by atoms with Crippen LogP contribution in [0.15, 0.2) is 40.2 Å². The van der Waals surface area contributed by atoms with Gasteiger partial charge in [0.1, 0.15) is 22.1 Å². The number of nitrogens with zero attached hydrogens (tertiary/aromatic N) is 1. The summed E-state index contributed by atoms with van der Waals surface area (Å²) in [4.78, 5) is 15.5. The number of aliphatic hydroxyl groups excluding tert-OH is 1. The molecule has 12 heteroatoms. The number of halogens is 6. The standard InChI is InChI=1S/C19H12BrF5N2O3S/c20-16-15(27-18(31-16)8-1-3-9(4-2-8)19(23,24)25)12(7-28)30-11-6-5-10(21)13(14(11)22)17(26)29/h1-6,12,28H,7H2,(H2,26,29). The number of hydrogen-bond donors (Lipinski definition) is 2. The molecule has 1 aromatic heterocycles. The van der Waals surface area contributed by atoms with Gasteiger partial charge in [0.2, 0.25) is 0 Å². The number of carbonyl (C=O) groups excluding carboxylic acids is 1. The van der Waals surface area contributed by atoms with Crippen LogP contribution < -0.4 is 10.5 Å². The third kappa shape index (κ3) is 4.86. The van der Waals surface area contributed by atoms with Gasteiger partial charge in [0.25, 0.3) is 5.91 Å². The first-order valence-corrected chi connectivity index (χ1v) is 10.0. The van der Waals surface area contributed by atoms with Gasteiger partial charge in [-0.05, 0) is 40.2 Å². The average Bonchev–Trinajstić information content (AvgIpc) is 3.08. The molecule has 3 N–H and O–H groups in total. The van der Waals surface area contributed by atoms with Gasteiger partial charge in [-0.25, -0.2) is 13.8 Å². The van der Waals surface area contributed by atoms with Crippen molar-refractivity contribution in [3.05, 3.63) is 68.6 Å². The molecule has 0 aliphatic carbocycles. The summed E-state index contributed by atoms with van der Waals surface area (Å²) >= 11 is 4.30. The van der Waals surface area contributed by atoms with Crippen LogP contribution in [0.4, 0.5) is 22.0 Å². The van der Waals surface area contributed by atoms with Crippen molar-refractivity contribution in [2.75, 3.05) is 6.61 Å². The molecule has 1 unspecified atom stereocenters. The van der Waals surface area contributed by atoms with Gasteiger partial charge >= 0.3 is 6.18 Å². The summed E-state index contributed by atoms with van der Waals surface area (Å²) < 4.78 is 72.0. The lowest BCUT2D eigenvalue weighted by Gasteiger charge is -2.17. The highest BCUT2D eigenvalue weighted by atomic mass is 79.9. The second kappa shape index (κ2) is 8.89. The molecule has 0 saturated heterocycles. The highest BCUT2D eigenvalue weighted by Gasteiger charge is 2.30. The Morgan fingerprint density at radius 2 is 1.84 bits per heavy atom. The number of carbonyl (C=O) groups is 1. The third-order valence-corrected chi connectivity index (χ3v) is 5.91. The van der Waals surface area contributed by atoms with Gasteiger partial charge in [0.05, 0.1) is 16.0 Å². The van der Waals surface area contributed by atoms with E-state index in [9.17, 15) is 31.9 Å². The Bertz CT molecular complexity index is 1120. The number of thiazole rings is 1. The molecule has 5 nitrogen and oxygen atoms in total. The Morgan fingerprint density at radius 3 is 2.39 bits per heavy atom. The molecule has 0 aliphatic heterocycles. The van der Waals surface area contributed by atoms with Crippen LogP contribution in [0.25, 0.3) is 10.6 Å². The molecule has 2 aromatic carbocycles. The molecule has 0 spiro atoms. The number of alkyl halides is 3. The largest absolute Gasteiger partial charge is 0.479 e. The number of hydrogen-bond acceptors (Lipinski definition) is 5. The van der Waals surface area contributed by atoms with E-state index in [1.54, 1.807) is 0 Å². The van der Waals surface area contributed by atoms with Crippen LogP contribution in [-0.4, -0.2) is 22.6 Å². The summed E-state index contributed by atoms with van der Waals surface area (Å²) in [6.07, 6.45) is -5.71. The predicted molar refractivity (Wildman–Crippen MR) is 106 cm³/mol. The molecule has 3 rings (SSSR count). The number of rotatable bonds is 6. The molecular weight excluding hydrogens is 511 g/mol. The van der Waals surface area contributed by atoms with E-state index in [0.29, 0.717) is 14.4 Å². The summed E-state index contributed by atoms with van der Waals surface area (Å²) in [5, 5.41) is 10.0. The third-order valence-electron chi connectivity index (χ3n) is 4.11. The first-order valence-electron chi connectivity index (χ1n) is 8.42. The average molecular weight is 523 g/mol. The lowest BCUT2D eigenvalue weighted by molar-refractivity contribution is -0.137. The van der Waals surface area contributed by atoms with Gasteiger partial charge in [0, 0.05) is 5.56 Å². The Kier molecular flexibility index (Phi) is 6.62. The Hall–Kier alpha value is -2.57. The van der Waals surface area contributed by atoms with Crippen molar-refractivity contribution in [2.24, 2.45) is 5.73 Å². The molecule has 0 fully saturated rings. The maximum Gasteiger partial charge on any atom is 0.416 e. The first kappa shape index (κ1) is 23.1. The lowest BCUT2D eigenvalue weighted by atomic mass is 10.1. The van der Waals surface area contributed by atoms with Crippen LogP contribution in [-0.2, 0) is 6.18 Å². The number of nitrogens with two attached hydrogens (primary N) is 1. The van der Waals surface area contributed by atoms with Gasteiger partial charge in [-0.3, -0.25) is 4.79 Å². The minimum Gasteiger partial charge on any atom is -0.479 e. The normalized spacial score (nSPS) is 12.6. The van der Waals surface area contributed by atoms with E-state index in [1.807, 2.05) is 0 Å². The van der Waals surface area contributed by atoms with E-state index in [2.05, 4.69) is 20.9 Å². The van der Waals surface area contributed by atoms with Crippen LogP contribution in [0.2, 0.25) is 0 Å².